The lowest BCUT2D eigenvalue weighted by Gasteiger charge is -2.43. The molecule has 3 fully saturated rings. The number of halogens is 1. The summed E-state index contributed by atoms with van der Waals surface area (Å²) in [6.07, 6.45) is 4.01. The minimum atomic E-state index is -0.786. The molecule has 3 unspecified atom stereocenters. The zero-order chi connectivity index (χ0) is 28.7. The maximum absolute atomic E-state index is 14.4. The largest absolute Gasteiger partial charge is 0.394 e. The van der Waals surface area contributed by atoms with Gasteiger partial charge in [-0.1, -0.05) is 58.4 Å². The van der Waals surface area contributed by atoms with Crippen LogP contribution >= 0.6 is 27.7 Å². The quantitative estimate of drug-likeness (QED) is 0.318. The molecule has 0 aromatic heterocycles. The molecule has 2 bridgehead atoms. The Hall–Kier alpha value is -2.10. The van der Waals surface area contributed by atoms with Crippen molar-refractivity contribution in [3.05, 3.63) is 61.2 Å². The monoisotopic (exact) mass is 617 g/mol. The van der Waals surface area contributed by atoms with Gasteiger partial charge in [0.05, 0.1) is 29.2 Å². The van der Waals surface area contributed by atoms with Crippen LogP contribution in [0.4, 0.5) is 0 Å². The molecule has 7 atom stereocenters. The van der Waals surface area contributed by atoms with E-state index in [1.807, 2.05) is 51.1 Å². The molecule has 0 saturated carbocycles. The number of carbonyl (C=O) groups is 3. The van der Waals surface area contributed by atoms with Crippen LogP contribution < -0.4 is 0 Å². The Morgan fingerprint density at radius 3 is 2.41 bits per heavy atom. The third-order valence-corrected chi connectivity index (χ3v) is 11.5. The summed E-state index contributed by atoms with van der Waals surface area (Å²) < 4.78 is -0.770. The predicted octanol–water partition coefficient (Wildman–Crippen LogP) is 3.86. The van der Waals surface area contributed by atoms with Crippen molar-refractivity contribution in [3.8, 4) is 0 Å². The summed E-state index contributed by atoms with van der Waals surface area (Å²) in [5, 5.41) is 10.0. The molecular weight excluding hydrogens is 578 g/mol. The lowest BCUT2D eigenvalue weighted by molar-refractivity contribution is -0.148. The minimum absolute atomic E-state index is 0.0232. The van der Waals surface area contributed by atoms with E-state index in [9.17, 15) is 19.5 Å². The van der Waals surface area contributed by atoms with Gasteiger partial charge in [0.25, 0.3) is 0 Å². The van der Waals surface area contributed by atoms with Crippen molar-refractivity contribution < 1.29 is 19.5 Å². The number of alkyl halides is 1. The van der Waals surface area contributed by atoms with Crippen molar-refractivity contribution in [2.24, 2.45) is 11.8 Å². The highest BCUT2D eigenvalue weighted by Crippen LogP contribution is 2.68. The molecule has 3 saturated heterocycles. The summed E-state index contributed by atoms with van der Waals surface area (Å²) in [4.78, 5) is 48.1. The van der Waals surface area contributed by atoms with Gasteiger partial charge in [-0.25, -0.2) is 0 Å². The van der Waals surface area contributed by atoms with Crippen LogP contribution in [0.15, 0.2) is 55.6 Å². The van der Waals surface area contributed by atoms with Crippen LogP contribution in [0.5, 0.6) is 0 Å². The minimum Gasteiger partial charge on any atom is -0.394 e. The molecule has 3 aliphatic rings. The second kappa shape index (κ2) is 11.4. The van der Waals surface area contributed by atoms with Gasteiger partial charge >= 0.3 is 0 Å². The van der Waals surface area contributed by atoms with Crippen molar-refractivity contribution in [2.45, 2.75) is 73.1 Å². The standard InChI is InChI=1S/C30H40BrN3O4S/c1-7-14-32(17-20-12-10-9-11-13-20)26(36)22-23-27(37)34(19(3)18-35)25(30(23)16-21(31)24(22)39-30)28(38)33(15-8-2)29(4,5)6/h7-13,19,21-25,35H,1-2,14-18H2,3-6H3/t19-,21?,22-,23+,24-,25?,30?/m1/s1. The van der Waals surface area contributed by atoms with Gasteiger partial charge in [0, 0.05) is 35.3 Å². The second-order valence-electron chi connectivity index (χ2n) is 11.8. The first-order valence-corrected chi connectivity index (χ1v) is 15.3. The zero-order valence-corrected chi connectivity index (χ0v) is 25.7. The molecule has 1 N–H and O–H groups in total. The van der Waals surface area contributed by atoms with Crippen LogP contribution in [-0.4, -0.2) is 89.7 Å². The number of amides is 3. The molecule has 9 heteroatoms. The average molecular weight is 619 g/mol. The number of carbonyl (C=O) groups excluding carboxylic acids is 3. The number of benzene rings is 1. The number of nitrogens with zero attached hydrogens (tertiary/aromatic N) is 3. The van der Waals surface area contributed by atoms with Crippen LogP contribution in [0.2, 0.25) is 0 Å². The lowest BCUT2D eigenvalue weighted by Crippen LogP contribution is -2.60. The van der Waals surface area contributed by atoms with Crippen LogP contribution in [0.1, 0.15) is 39.7 Å². The smallest absolute Gasteiger partial charge is 0.247 e. The van der Waals surface area contributed by atoms with Crippen LogP contribution in [0.3, 0.4) is 0 Å². The number of likely N-dealkylation sites (tertiary alicyclic amines) is 1. The molecule has 3 heterocycles. The molecular formula is C30H40BrN3O4S. The van der Waals surface area contributed by atoms with Crippen LogP contribution in [0.25, 0.3) is 0 Å². The Bertz CT molecular complexity index is 1120. The molecule has 4 rings (SSSR count). The van der Waals surface area contributed by atoms with E-state index in [4.69, 9.17) is 0 Å². The molecule has 3 amide bonds. The SMILES string of the molecule is C=CCN(Cc1ccccc1)C(=O)[C@H]1[C@@H]2SC3(CC2Br)C(C(=O)N(CC=C)C(C)(C)C)N([C@H](C)CO)C(=O)[C@H]13. The number of hydrogen-bond donors (Lipinski definition) is 1. The molecule has 212 valence electrons. The van der Waals surface area contributed by atoms with E-state index >= 15 is 0 Å². The van der Waals surface area contributed by atoms with Crippen molar-refractivity contribution in [2.75, 3.05) is 19.7 Å². The molecule has 0 radical (unpaired) electrons. The Kier molecular flexibility index (Phi) is 8.74. The molecule has 0 aliphatic carbocycles. The van der Waals surface area contributed by atoms with E-state index < -0.39 is 34.2 Å². The predicted molar refractivity (Wildman–Crippen MR) is 159 cm³/mol. The fraction of sp³-hybridized carbons (Fsp3) is 0.567. The topological polar surface area (TPSA) is 81.2 Å². The summed E-state index contributed by atoms with van der Waals surface area (Å²) in [6, 6.07) is 8.44. The van der Waals surface area contributed by atoms with Gasteiger partial charge in [-0.2, -0.15) is 0 Å². The average Bonchev–Trinajstić information content (AvgIpc) is 3.49. The zero-order valence-electron chi connectivity index (χ0n) is 23.3. The van der Waals surface area contributed by atoms with Gasteiger partial charge in [0.2, 0.25) is 17.7 Å². The second-order valence-corrected chi connectivity index (χ2v) is 14.6. The van der Waals surface area contributed by atoms with E-state index in [0.717, 1.165) is 5.56 Å². The van der Waals surface area contributed by atoms with Gasteiger partial charge in [-0.3, -0.25) is 14.4 Å². The fourth-order valence-corrected chi connectivity index (χ4v) is 10.2. The number of rotatable bonds is 10. The van der Waals surface area contributed by atoms with Gasteiger partial charge in [-0.05, 0) is 39.7 Å². The molecule has 7 nitrogen and oxygen atoms in total. The highest BCUT2D eigenvalue weighted by Gasteiger charge is 2.76. The summed E-state index contributed by atoms with van der Waals surface area (Å²) >= 11 is 5.45. The van der Waals surface area contributed by atoms with Gasteiger partial charge < -0.3 is 19.8 Å². The van der Waals surface area contributed by atoms with Gasteiger partial charge in [0.15, 0.2) is 0 Å². The third kappa shape index (κ3) is 5.10. The molecule has 1 aromatic carbocycles. The summed E-state index contributed by atoms with van der Waals surface area (Å²) in [5.41, 5.74) is 0.498. The lowest BCUT2D eigenvalue weighted by atomic mass is 9.70. The number of aliphatic hydroxyl groups is 1. The van der Waals surface area contributed by atoms with E-state index in [-0.39, 0.29) is 34.4 Å². The van der Waals surface area contributed by atoms with Gasteiger partial charge in [-0.15, -0.1) is 24.9 Å². The highest BCUT2D eigenvalue weighted by molar-refractivity contribution is 9.09. The van der Waals surface area contributed by atoms with E-state index in [1.54, 1.807) is 45.5 Å². The number of aliphatic hydroxyl groups excluding tert-OH is 1. The molecule has 1 spiro atoms. The van der Waals surface area contributed by atoms with E-state index in [2.05, 4.69) is 29.1 Å². The normalized spacial score (nSPS) is 30.2. The van der Waals surface area contributed by atoms with Crippen molar-refractivity contribution in [3.63, 3.8) is 0 Å². The maximum Gasteiger partial charge on any atom is 0.247 e. The Morgan fingerprint density at radius 1 is 1.21 bits per heavy atom. The molecule has 3 aliphatic heterocycles. The Labute approximate surface area is 244 Å². The Morgan fingerprint density at radius 2 is 1.85 bits per heavy atom. The fourth-order valence-electron chi connectivity index (χ4n) is 6.57. The van der Waals surface area contributed by atoms with Crippen molar-refractivity contribution >= 4 is 45.4 Å². The van der Waals surface area contributed by atoms with Crippen LogP contribution in [-0.2, 0) is 20.9 Å². The first-order chi connectivity index (χ1) is 18.4. The van der Waals surface area contributed by atoms with Crippen LogP contribution in [0, 0.1) is 11.8 Å². The van der Waals surface area contributed by atoms with Gasteiger partial charge in [0.1, 0.15) is 6.04 Å². The molecule has 1 aromatic rings. The van der Waals surface area contributed by atoms with E-state index in [0.29, 0.717) is 26.1 Å². The van der Waals surface area contributed by atoms with Crippen molar-refractivity contribution in [1.82, 2.24) is 14.7 Å². The first-order valence-electron chi connectivity index (χ1n) is 13.5. The third-order valence-electron chi connectivity index (χ3n) is 8.25. The number of hydrogen-bond acceptors (Lipinski definition) is 5. The van der Waals surface area contributed by atoms with E-state index in [1.165, 1.54) is 0 Å². The highest BCUT2D eigenvalue weighted by atomic mass is 79.9. The first kappa shape index (κ1) is 29.9. The summed E-state index contributed by atoms with van der Waals surface area (Å²) in [6.45, 7) is 16.2. The number of thioether (sulfide) groups is 1. The number of fused-ring (bicyclic) bond motifs is 1. The maximum atomic E-state index is 14.4. The Balaban J connectivity index is 1.78. The summed E-state index contributed by atoms with van der Waals surface area (Å²) in [7, 11) is 0. The summed E-state index contributed by atoms with van der Waals surface area (Å²) in [5.74, 6) is -1.70. The molecule has 39 heavy (non-hydrogen) atoms. The van der Waals surface area contributed by atoms with Crippen molar-refractivity contribution in [1.29, 1.82) is 0 Å².